The summed E-state index contributed by atoms with van der Waals surface area (Å²) in [5, 5.41) is 8.38. The van der Waals surface area contributed by atoms with Crippen molar-refractivity contribution in [3.8, 4) is 17.1 Å². The highest BCUT2D eigenvalue weighted by atomic mass is 35.5. The van der Waals surface area contributed by atoms with Gasteiger partial charge >= 0.3 is 0 Å². The van der Waals surface area contributed by atoms with Crippen LogP contribution in [0.2, 0.25) is 4.34 Å². The molecule has 0 radical (unpaired) electrons. The van der Waals surface area contributed by atoms with Gasteiger partial charge in [-0.2, -0.15) is 0 Å². The van der Waals surface area contributed by atoms with Crippen molar-refractivity contribution in [3.63, 3.8) is 0 Å². The van der Waals surface area contributed by atoms with Crippen LogP contribution in [0.4, 0.5) is 0 Å². The number of aromatic nitrogens is 4. The monoisotopic (exact) mass is 454 g/mol. The van der Waals surface area contributed by atoms with Gasteiger partial charge in [0.1, 0.15) is 11.4 Å². The van der Waals surface area contributed by atoms with E-state index in [1.54, 1.807) is 52.0 Å². The highest BCUT2D eigenvalue weighted by Gasteiger charge is 2.14. The Morgan fingerprint density at radius 1 is 1.19 bits per heavy atom. The third kappa shape index (κ3) is 4.76. The molecule has 0 saturated heterocycles. The van der Waals surface area contributed by atoms with Crippen LogP contribution in [-0.4, -0.2) is 32.0 Å². The highest BCUT2D eigenvalue weighted by Crippen LogP contribution is 2.26. The lowest BCUT2D eigenvalue weighted by Gasteiger charge is -2.12. The number of aryl methyl sites for hydroxylation is 1. The first-order chi connectivity index (χ1) is 15.0. The van der Waals surface area contributed by atoms with Gasteiger partial charge in [0.25, 0.3) is 5.56 Å². The van der Waals surface area contributed by atoms with E-state index >= 15 is 0 Å². The number of carbonyl (C=O) groups excluding carboxylic acids is 1. The molecule has 31 heavy (non-hydrogen) atoms. The highest BCUT2D eigenvalue weighted by molar-refractivity contribution is 7.18. The summed E-state index contributed by atoms with van der Waals surface area (Å²) in [5.41, 5.74) is 1.96. The first-order valence-corrected chi connectivity index (χ1v) is 10.9. The van der Waals surface area contributed by atoms with Crippen molar-refractivity contribution < 1.29 is 9.53 Å². The van der Waals surface area contributed by atoms with Gasteiger partial charge in [0.15, 0.2) is 5.78 Å². The van der Waals surface area contributed by atoms with Gasteiger partial charge in [0.05, 0.1) is 33.4 Å². The molecule has 0 unspecified atom stereocenters. The standard InChI is InChI=1S/C22H19ClN4O3S/c1-2-30-19-13-16(26-12-4-3-5-22(26)29)7-8-17(19)27-14-15(24-25-27)6-9-18(28)20-10-11-21(23)31-20/h3-5,7-8,10-14H,2,6,9H2,1H3. The van der Waals surface area contributed by atoms with Crippen LogP contribution in [0, 0.1) is 0 Å². The van der Waals surface area contributed by atoms with E-state index in [2.05, 4.69) is 10.3 Å². The lowest BCUT2D eigenvalue weighted by Crippen LogP contribution is -2.15. The molecule has 3 heterocycles. The van der Waals surface area contributed by atoms with Gasteiger partial charge in [-0.25, -0.2) is 4.68 Å². The molecule has 0 amide bonds. The van der Waals surface area contributed by atoms with Crippen molar-refractivity contribution in [2.45, 2.75) is 19.8 Å². The average molecular weight is 455 g/mol. The zero-order valence-corrected chi connectivity index (χ0v) is 18.3. The Kier molecular flexibility index (Phi) is 6.29. The fraction of sp³-hybridized carbons (Fsp3) is 0.182. The van der Waals surface area contributed by atoms with Crippen molar-refractivity contribution in [3.05, 3.63) is 86.2 Å². The summed E-state index contributed by atoms with van der Waals surface area (Å²) in [5.74, 6) is 0.607. The van der Waals surface area contributed by atoms with Crippen LogP contribution in [0.25, 0.3) is 11.4 Å². The molecule has 3 aromatic heterocycles. The lowest BCUT2D eigenvalue weighted by molar-refractivity contribution is 0.0986. The van der Waals surface area contributed by atoms with Crippen LogP contribution in [0.1, 0.15) is 28.7 Å². The molecule has 0 atom stereocenters. The topological polar surface area (TPSA) is 79.0 Å². The average Bonchev–Trinajstić information content (AvgIpc) is 3.42. The summed E-state index contributed by atoms with van der Waals surface area (Å²) >= 11 is 7.18. The zero-order valence-electron chi connectivity index (χ0n) is 16.7. The van der Waals surface area contributed by atoms with Gasteiger partial charge in [0, 0.05) is 31.2 Å². The van der Waals surface area contributed by atoms with Crippen molar-refractivity contribution in [2.75, 3.05) is 6.61 Å². The van der Waals surface area contributed by atoms with E-state index in [1.165, 1.54) is 17.4 Å². The Labute approximate surface area is 187 Å². The van der Waals surface area contributed by atoms with Crippen molar-refractivity contribution >= 4 is 28.7 Å². The number of rotatable bonds is 8. The molecule has 9 heteroatoms. The lowest BCUT2D eigenvalue weighted by atomic mass is 10.1. The number of nitrogens with zero attached hydrogens (tertiary/aromatic N) is 4. The minimum atomic E-state index is -0.127. The molecular weight excluding hydrogens is 436 g/mol. The van der Waals surface area contributed by atoms with Crippen LogP contribution in [-0.2, 0) is 6.42 Å². The fourth-order valence-corrected chi connectivity index (χ4v) is 4.12. The Morgan fingerprint density at radius 3 is 2.81 bits per heavy atom. The first kappa shape index (κ1) is 21.0. The summed E-state index contributed by atoms with van der Waals surface area (Å²) < 4.78 is 9.55. The van der Waals surface area contributed by atoms with E-state index in [1.807, 2.05) is 19.1 Å². The third-order valence-electron chi connectivity index (χ3n) is 4.59. The van der Waals surface area contributed by atoms with Gasteiger partial charge in [-0.1, -0.05) is 22.9 Å². The van der Waals surface area contributed by atoms with Crippen molar-refractivity contribution in [2.24, 2.45) is 0 Å². The maximum absolute atomic E-state index is 12.3. The largest absolute Gasteiger partial charge is 0.492 e. The molecule has 0 aliphatic heterocycles. The SMILES string of the molecule is CCOc1cc(-n2ccccc2=O)ccc1-n1cc(CCC(=O)c2ccc(Cl)s2)nn1. The van der Waals surface area contributed by atoms with Gasteiger partial charge < -0.3 is 4.74 Å². The smallest absolute Gasteiger partial charge is 0.255 e. The second kappa shape index (κ2) is 9.28. The van der Waals surface area contributed by atoms with Crippen LogP contribution >= 0.6 is 22.9 Å². The number of hydrogen-bond donors (Lipinski definition) is 0. The van der Waals surface area contributed by atoms with E-state index < -0.39 is 0 Å². The first-order valence-electron chi connectivity index (χ1n) is 9.70. The number of pyridine rings is 1. The molecule has 1 aromatic carbocycles. The Balaban J connectivity index is 1.55. The van der Waals surface area contributed by atoms with Gasteiger partial charge in [0.2, 0.25) is 0 Å². The summed E-state index contributed by atoms with van der Waals surface area (Å²) in [7, 11) is 0. The van der Waals surface area contributed by atoms with Crippen molar-refractivity contribution in [1.82, 2.24) is 19.6 Å². The number of thiophene rings is 1. The minimum absolute atomic E-state index is 0.0270. The zero-order chi connectivity index (χ0) is 21.8. The number of carbonyl (C=O) groups is 1. The Hall–Kier alpha value is -3.23. The molecule has 158 valence electrons. The quantitative estimate of drug-likeness (QED) is 0.370. The van der Waals surface area contributed by atoms with Crippen LogP contribution in [0.15, 0.2) is 65.7 Å². The maximum Gasteiger partial charge on any atom is 0.255 e. The Morgan fingerprint density at radius 2 is 2.06 bits per heavy atom. The molecule has 7 nitrogen and oxygen atoms in total. The van der Waals surface area contributed by atoms with Gasteiger partial charge in [-0.3, -0.25) is 14.2 Å². The number of ether oxygens (including phenoxy) is 1. The molecule has 0 fully saturated rings. The molecular formula is C22H19ClN4O3S. The number of benzene rings is 1. The summed E-state index contributed by atoms with van der Waals surface area (Å²) in [6.45, 7) is 2.35. The summed E-state index contributed by atoms with van der Waals surface area (Å²) in [4.78, 5) is 25.1. The molecule has 4 aromatic rings. The minimum Gasteiger partial charge on any atom is -0.492 e. The molecule has 4 rings (SSSR count). The number of halogens is 1. The predicted molar refractivity (Wildman–Crippen MR) is 120 cm³/mol. The van der Waals surface area contributed by atoms with E-state index in [-0.39, 0.29) is 11.3 Å². The second-order valence-corrected chi connectivity index (χ2v) is 8.39. The van der Waals surface area contributed by atoms with Gasteiger partial charge in [-0.05, 0) is 37.3 Å². The van der Waals surface area contributed by atoms with Crippen molar-refractivity contribution in [1.29, 1.82) is 0 Å². The summed E-state index contributed by atoms with van der Waals surface area (Å²) in [6.07, 6.45) is 4.28. The van der Waals surface area contributed by atoms with E-state index in [0.717, 1.165) is 0 Å². The van der Waals surface area contributed by atoms with Crippen LogP contribution in [0.3, 0.4) is 0 Å². The third-order valence-corrected chi connectivity index (χ3v) is 5.86. The van der Waals surface area contributed by atoms with Gasteiger partial charge in [-0.15, -0.1) is 16.4 Å². The number of ketones is 1. The molecule has 0 spiro atoms. The normalized spacial score (nSPS) is 10.9. The molecule has 0 bridgehead atoms. The Bertz CT molecular complexity index is 1280. The molecule has 0 aliphatic rings. The van der Waals surface area contributed by atoms with E-state index in [9.17, 15) is 9.59 Å². The molecule has 0 saturated carbocycles. The summed E-state index contributed by atoms with van der Waals surface area (Å²) in [6, 6.07) is 13.9. The molecule has 0 N–H and O–H groups in total. The predicted octanol–water partition coefficient (Wildman–Crippen LogP) is 4.35. The fourth-order valence-electron chi connectivity index (χ4n) is 3.11. The van der Waals surface area contributed by atoms with E-state index in [4.69, 9.17) is 16.3 Å². The van der Waals surface area contributed by atoms with Crippen LogP contribution < -0.4 is 10.3 Å². The molecule has 0 aliphatic carbocycles. The van der Waals surface area contributed by atoms with Crippen LogP contribution in [0.5, 0.6) is 5.75 Å². The van der Waals surface area contributed by atoms with E-state index in [0.29, 0.717) is 51.5 Å². The second-order valence-electron chi connectivity index (χ2n) is 6.68. The maximum atomic E-state index is 12.3. The number of Topliss-reactive ketones (excluding diaryl/α,β-unsaturated/α-hetero) is 1. The number of hydrogen-bond acceptors (Lipinski definition) is 6.